The van der Waals surface area contributed by atoms with E-state index < -0.39 is 0 Å². The molecular formula is C28H28N4O2. The Labute approximate surface area is 199 Å². The summed E-state index contributed by atoms with van der Waals surface area (Å²) in [4.78, 5) is 28.2. The van der Waals surface area contributed by atoms with Gasteiger partial charge in [-0.3, -0.25) is 14.9 Å². The number of aromatic nitrogens is 1. The standard InChI is InChI=1S/C28H28N4O2/c29-19-23-21(14-13-20-8-1-2-9-22(20)23)18-27(33)30-28(34)26-12-7-17-32(26)25-11-4-3-10-24(25)31-15-5-6-16-31/h1-6,8-11,15-16,21,23,26H,7,12-14,17-18H2,(H,30,33,34)/t21?,23?,26-/m0/s1. The number of imide groups is 1. The fourth-order valence-corrected chi connectivity index (χ4v) is 5.48. The fraction of sp³-hybridized carbons (Fsp3) is 0.321. The summed E-state index contributed by atoms with van der Waals surface area (Å²) < 4.78 is 2.04. The Hall–Kier alpha value is -3.85. The second-order valence-corrected chi connectivity index (χ2v) is 9.15. The number of carbonyl (C=O) groups excluding carboxylic acids is 2. The predicted molar refractivity (Wildman–Crippen MR) is 131 cm³/mol. The lowest BCUT2D eigenvalue weighted by Crippen LogP contribution is -2.46. The van der Waals surface area contributed by atoms with Crippen molar-refractivity contribution in [2.24, 2.45) is 5.92 Å². The van der Waals surface area contributed by atoms with Crippen LogP contribution in [0.2, 0.25) is 0 Å². The third-order valence-electron chi connectivity index (χ3n) is 7.12. The first-order valence-corrected chi connectivity index (χ1v) is 12.0. The molecule has 1 aliphatic carbocycles. The molecule has 1 aliphatic heterocycles. The highest BCUT2D eigenvalue weighted by Crippen LogP contribution is 2.37. The van der Waals surface area contributed by atoms with Crippen molar-refractivity contribution in [2.45, 2.75) is 44.1 Å². The maximum atomic E-state index is 13.2. The molecule has 2 unspecified atom stereocenters. The first-order valence-electron chi connectivity index (χ1n) is 12.0. The van der Waals surface area contributed by atoms with Crippen molar-refractivity contribution in [1.29, 1.82) is 5.26 Å². The largest absolute Gasteiger partial charge is 0.358 e. The number of carbonyl (C=O) groups is 2. The second kappa shape index (κ2) is 9.56. The van der Waals surface area contributed by atoms with Gasteiger partial charge in [0, 0.05) is 25.4 Å². The van der Waals surface area contributed by atoms with Crippen LogP contribution in [0.4, 0.5) is 5.69 Å². The topological polar surface area (TPSA) is 78.1 Å². The summed E-state index contributed by atoms with van der Waals surface area (Å²) >= 11 is 0. The summed E-state index contributed by atoms with van der Waals surface area (Å²) in [6.07, 6.45) is 7.39. The zero-order valence-electron chi connectivity index (χ0n) is 19.1. The van der Waals surface area contributed by atoms with E-state index in [1.54, 1.807) is 0 Å². The Bertz CT molecular complexity index is 1230. The van der Waals surface area contributed by atoms with Crippen molar-refractivity contribution in [3.05, 3.63) is 84.2 Å². The summed E-state index contributed by atoms with van der Waals surface area (Å²) in [5.74, 6) is -0.946. The number of nitrogens with zero attached hydrogens (tertiary/aromatic N) is 3. The Morgan fingerprint density at radius 2 is 1.71 bits per heavy atom. The first-order chi connectivity index (χ1) is 16.7. The number of nitriles is 1. The number of benzene rings is 2. The van der Waals surface area contributed by atoms with E-state index in [0.29, 0.717) is 6.42 Å². The van der Waals surface area contributed by atoms with Gasteiger partial charge >= 0.3 is 0 Å². The molecule has 2 heterocycles. The highest BCUT2D eigenvalue weighted by atomic mass is 16.2. The van der Waals surface area contributed by atoms with E-state index in [0.717, 1.165) is 42.7 Å². The smallest absolute Gasteiger partial charge is 0.249 e. The normalized spacial score (nSPS) is 21.5. The lowest BCUT2D eigenvalue weighted by atomic mass is 9.74. The number of fused-ring (bicyclic) bond motifs is 1. The molecule has 6 nitrogen and oxygen atoms in total. The van der Waals surface area contributed by atoms with E-state index in [1.807, 2.05) is 71.6 Å². The SMILES string of the molecule is N#CC1c2ccccc2CCC1CC(=O)NC(=O)[C@@H]1CCCN1c1ccccc1-n1cccc1. The minimum atomic E-state index is -0.389. The molecule has 2 amide bonds. The molecule has 0 bridgehead atoms. The van der Waals surface area contributed by atoms with Gasteiger partial charge in [-0.05, 0) is 67.0 Å². The van der Waals surface area contributed by atoms with E-state index >= 15 is 0 Å². The summed E-state index contributed by atoms with van der Waals surface area (Å²) in [5, 5.41) is 12.4. The van der Waals surface area contributed by atoms with Crippen molar-refractivity contribution >= 4 is 17.5 Å². The van der Waals surface area contributed by atoms with Crippen molar-refractivity contribution < 1.29 is 9.59 Å². The number of nitrogens with one attached hydrogen (secondary N) is 1. The van der Waals surface area contributed by atoms with Crippen LogP contribution >= 0.6 is 0 Å². The maximum Gasteiger partial charge on any atom is 0.249 e. The van der Waals surface area contributed by atoms with Crippen molar-refractivity contribution in [2.75, 3.05) is 11.4 Å². The molecule has 3 aromatic rings. The second-order valence-electron chi connectivity index (χ2n) is 9.15. The summed E-state index contributed by atoms with van der Waals surface area (Å²) in [5.41, 5.74) is 4.20. The molecule has 1 saturated heterocycles. The number of hydrogen-bond donors (Lipinski definition) is 1. The summed E-state index contributed by atoms with van der Waals surface area (Å²) in [6.45, 7) is 0.764. The molecule has 3 atom stereocenters. The zero-order chi connectivity index (χ0) is 23.5. The van der Waals surface area contributed by atoms with Crippen LogP contribution < -0.4 is 10.2 Å². The van der Waals surface area contributed by atoms with E-state index in [1.165, 1.54) is 5.56 Å². The third kappa shape index (κ3) is 4.22. The Morgan fingerprint density at radius 3 is 2.50 bits per heavy atom. The van der Waals surface area contributed by atoms with Crippen molar-refractivity contribution in [3.63, 3.8) is 0 Å². The number of amides is 2. The monoisotopic (exact) mass is 452 g/mol. The molecule has 5 rings (SSSR count). The van der Waals surface area contributed by atoms with Crippen molar-refractivity contribution in [3.8, 4) is 11.8 Å². The van der Waals surface area contributed by atoms with Gasteiger partial charge in [-0.1, -0.05) is 36.4 Å². The van der Waals surface area contributed by atoms with Gasteiger partial charge in [0.05, 0.1) is 23.4 Å². The number of hydrogen-bond acceptors (Lipinski definition) is 4. The highest BCUT2D eigenvalue weighted by Gasteiger charge is 2.35. The number of anilines is 1. The van der Waals surface area contributed by atoms with Gasteiger partial charge in [-0.25, -0.2) is 0 Å². The molecule has 2 aromatic carbocycles. The molecule has 6 heteroatoms. The average Bonchev–Trinajstić information content (AvgIpc) is 3.56. The molecule has 1 fully saturated rings. The van der Waals surface area contributed by atoms with E-state index in [2.05, 4.69) is 22.4 Å². The van der Waals surface area contributed by atoms with Gasteiger partial charge in [0.2, 0.25) is 11.8 Å². The minimum absolute atomic E-state index is 0.0816. The lowest BCUT2D eigenvalue weighted by Gasteiger charge is -2.30. The maximum absolute atomic E-state index is 13.2. The number of rotatable bonds is 5. The molecule has 0 saturated carbocycles. The average molecular weight is 453 g/mol. The quantitative estimate of drug-likeness (QED) is 0.624. The molecule has 172 valence electrons. The molecule has 34 heavy (non-hydrogen) atoms. The highest BCUT2D eigenvalue weighted by molar-refractivity contribution is 5.99. The van der Waals surface area contributed by atoms with Gasteiger partial charge in [0.1, 0.15) is 6.04 Å². The van der Waals surface area contributed by atoms with E-state index in [-0.39, 0.29) is 36.1 Å². The Morgan fingerprint density at radius 1 is 0.971 bits per heavy atom. The van der Waals surface area contributed by atoms with Crippen LogP contribution in [-0.4, -0.2) is 29.0 Å². The van der Waals surface area contributed by atoms with Crippen LogP contribution in [0, 0.1) is 17.2 Å². The van der Waals surface area contributed by atoms with Crippen LogP contribution in [-0.2, 0) is 16.0 Å². The van der Waals surface area contributed by atoms with E-state index in [9.17, 15) is 14.9 Å². The van der Waals surface area contributed by atoms with Gasteiger partial charge in [0.25, 0.3) is 0 Å². The van der Waals surface area contributed by atoms with Crippen molar-refractivity contribution in [1.82, 2.24) is 9.88 Å². The van der Waals surface area contributed by atoms with Crippen LogP contribution in [0.3, 0.4) is 0 Å². The van der Waals surface area contributed by atoms with Gasteiger partial charge in [-0.15, -0.1) is 0 Å². The van der Waals surface area contributed by atoms with Crippen LogP contribution in [0.15, 0.2) is 73.1 Å². The van der Waals surface area contributed by atoms with Crippen LogP contribution in [0.25, 0.3) is 5.69 Å². The Kier molecular flexibility index (Phi) is 6.18. The lowest BCUT2D eigenvalue weighted by molar-refractivity contribution is -0.131. The molecule has 0 radical (unpaired) electrons. The van der Waals surface area contributed by atoms with Gasteiger partial charge < -0.3 is 9.47 Å². The molecule has 1 N–H and O–H groups in total. The number of aryl methyl sites for hydroxylation is 1. The first kappa shape index (κ1) is 22.0. The fourth-order valence-electron chi connectivity index (χ4n) is 5.48. The van der Waals surface area contributed by atoms with E-state index in [4.69, 9.17) is 0 Å². The van der Waals surface area contributed by atoms with Gasteiger partial charge in [0.15, 0.2) is 0 Å². The summed E-state index contributed by atoms with van der Waals surface area (Å²) in [7, 11) is 0. The molecule has 0 spiro atoms. The number of para-hydroxylation sites is 2. The van der Waals surface area contributed by atoms with Crippen LogP contribution in [0.5, 0.6) is 0 Å². The molecule has 1 aromatic heterocycles. The minimum Gasteiger partial charge on any atom is -0.358 e. The molecular weight excluding hydrogens is 424 g/mol. The zero-order valence-corrected chi connectivity index (χ0v) is 19.1. The summed E-state index contributed by atoms with van der Waals surface area (Å²) in [6, 6.07) is 21.9. The van der Waals surface area contributed by atoms with Gasteiger partial charge in [-0.2, -0.15) is 5.26 Å². The van der Waals surface area contributed by atoms with Crippen LogP contribution in [0.1, 0.15) is 42.7 Å². The third-order valence-corrected chi connectivity index (χ3v) is 7.12. The predicted octanol–water partition coefficient (Wildman–Crippen LogP) is 4.35. The Balaban J connectivity index is 1.28. The molecule has 2 aliphatic rings.